The quantitative estimate of drug-likeness (QED) is 0.277. The maximum Gasteiger partial charge on any atom is 0.114 e. The number of anilines is 2. The first kappa shape index (κ1) is 26.6. The number of hydrazine groups is 2. The Hall–Kier alpha value is -4.05. The highest BCUT2D eigenvalue weighted by molar-refractivity contribution is 6.31. The zero-order chi connectivity index (χ0) is 27.8. The Balaban J connectivity index is 1.60. The lowest BCUT2D eigenvalue weighted by atomic mass is 9.96. The molecule has 10 heteroatoms. The molecule has 2 heterocycles. The molecular weight excluding hydrogens is 515 g/mol. The van der Waals surface area contributed by atoms with Gasteiger partial charge in [-0.3, -0.25) is 9.99 Å². The smallest absolute Gasteiger partial charge is 0.114 e. The second-order valence-electron chi connectivity index (χ2n) is 11.3. The number of aromatic nitrogens is 1. The van der Waals surface area contributed by atoms with Crippen LogP contribution in [0.1, 0.15) is 56.3 Å². The summed E-state index contributed by atoms with van der Waals surface area (Å²) in [6.07, 6.45) is 4.90. The first-order valence-electron chi connectivity index (χ1n) is 12.8. The van der Waals surface area contributed by atoms with Crippen molar-refractivity contribution in [2.24, 2.45) is 5.41 Å². The van der Waals surface area contributed by atoms with E-state index in [1.807, 2.05) is 36.5 Å². The number of alkyl halides is 1. The van der Waals surface area contributed by atoms with E-state index in [1.54, 1.807) is 11.1 Å². The maximum atomic E-state index is 13.8. The SMILES string of the molecule is CC(C)(C)CNc1c(C#N)cnc2c(C#N)cc(N[C@H](C3=CN(C4(CF)CC4)NN3)c3ccccc3Cl)cc12. The van der Waals surface area contributed by atoms with E-state index >= 15 is 0 Å². The number of halogens is 2. The van der Waals surface area contributed by atoms with E-state index in [-0.39, 0.29) is 5.41 Å². The molecule has 3 aromatic rings. The topological polar surface area (TPSA) is 112 Å². The normalized spacial score (nSPS) is 16.6. The van der Waals surface area contributed by atoms with Gasteiger partial charge in [-0.2, -0.15) is 10.5 Å². The summed E-state index contributed by atoms with van der Waals surface area (Å²) in [6.45, 7) is 6.48. The van der Waals surface area contributed by atoms with Gasteiger partial charge in [0.25, 0.3) is 0 Å². The lowest BCUT2D eigenvalue weighted by Gasteiger charge is -2.24. The molecule has 2 aromatic carbocycles. The van der Waals surface area contributed by atoms with Crippen molar-refractivity contribution in [2.45, 2.75) is 45.2 Å². The van der Waals surface area contributed by atoms with Crippen LogP contribution >= 0.6 is 11.6 Å². The molecule has 1 saturated carbocycles. The van der Waals surface area contributed by atoms with Crippen molar-refractivity contribution in [3.63, 3.8) is 0 Å². The molecule has 0 radical (unpaired) electrons. The molecular formula is C29H30ClFN8. The van der Waals surface area contributed by atoms with E-state index in [0.29, 0.717) is 45.0 Å². The van der Waals surface area contributed by atoms with Gasteiger partial charge in [0.2, 0.25) is 0 Å². The highest BCUT2D eigenvalue weighted by atomic mass is 35.5. The van der Waals surface area contributed by atoms with E-state index in [2.05, 4.69) is 59.5 Å². The molecule has 39 heavy (non-hydrogen) atoms. The van der Waals surface area contributed by atoms with Gasteiger partial charge in [0.1, 0.15) is 18.8 Å². The van der Waals surface area contributed by atoms with Crippen molar-refractivity contribution in [1.29, 1.82) is 10.5 Å². The van der Waals surface area contributed by atoms with Crippen LogP contribution in [0.2, 0.25) is 5.02 Å². The summed E-state index contributed by atoms with van der Waals surface area (Å²) in [5, 5.41) is 29.8. The van der Waals surface area contributed by atoms with Gasteiger partial charge < -0.3 is 16.1 Å². The van der Waals surface area contributed by atoms with E-state index in [9.17, 15) is 14.9 Å². The molecule has 0 unspecified atom stereocenters. The van der Waals surface area contributed by atoms with Gasteiger partial charge in [-0.05, 0) is 42.0 Å². The minimum Gasteiger partial charge on any atom is -0.383 e. The van der Waals surface area contributed by atoms with E-state index in [1.165, 1.54) is 6.20 Å². The number of rotatable bonds is 8. The van der Waals surface area contributed by atoms with Crippen LogP contribution in [0.25, 0.3) is 10.9 Å². The van der Waals surface area contributed by atoms with E-state index in [0.717, 1.165) is 24.1 Å². The molecule has 0 spiro atoms. The Kier molecular flexibility index (Phi) is 6.98. The molecule has 5 rings (SSSR count). The van der Waals surface area contributed by atoms with Crippen molar-refractivity contribution in [3.8, 4) is 12.1 Å². The summed E-state index contributed by atoms with van der Waals surface area (Å²) in [6, 6.07) is 15.2. The van der Waals surface area contributed by atoms with Crippen molar-refractivity contribution in [1.82, 2.24) is 21.0 Å². The van der Waals surface area contributed by atoms with Crippen molar-refractivity contribution in [2.75, 3.05) is 23.9 Å². The van der Waals surface area contributed by atoms with Gasteiger partial charge in [-0.1, -0.05) is 50.6 Å². The number of nitrogens with zero attached hydrogens (tertiary/aromatic N) is 4. The second kappa shape index (κ2) is 10.3. The molecule has 2 aliphatic rings. The molecule has 1 atom stereocenters. The van der Waals surface area contributed by atoms with Gasteiger partial charge in [-0.25, -0.2) is 4.39 Å². The van der Waals surface area contributed by atoms with Crippen LogP contribution in [0.15, 0.2) is 54.5 Å². The largest absolute Gasteiger partial charge is 0.383 e. The number of fused-ring (bicyclic) bond motifs is 1. The standard InChI is InChI=1S/C29H30ClFN8/c1-28(2,3)17-35-26-19(13-33)14-34-25-18(12-32)10-20(11-22(25)26)36-27(21-6-4-5-7-23(21)30)24-15-39(38-37-24)29(16-31)8-9-29/h4-7,10-11,14-15,27,36-38H,8-9,16-17H2,1-3H3,(H,34,35)/t27-/m0/s1. The van der Waals surface area contributed by atoms with Crippen LogP contribution in [-0.2, 0) is 0 Å². The molecule has 4 N–H and O–H groups in total. The predicted molar refractivity (Wildman–Crippen MR) is 151 cm³/mol. The summed E-state index contributed by atoms with van der Waals surface area (Å²) in [7, 11) is 0. The van der Waals surface area contributed by atoms with Crippen LogP contribution in [0.5, 0.6) is 0 Å². The Morgan fingerprint density at radius 3 is 2.56 bits per heavy atom. The van der Waals surface area contributed by atoms with E-state index < -0.39 is 18.3 Å². The fourth-order valence-corrected chi connectivity index (χ4v) is 4.86. The summed E-state index contributed by atoms with van der Waals surface area (Å²) >= 11 is 6.63. The van der Waals surface area contributed by atoms with Crippen molar-refractivity contribution >= 4 is 33.9 Å². The van der Waals surface area contributed by atoms with Crippen LogP contribution in [0.4, 0.5) is 15.8 Å². The Morgan fingerprint density at radius 1 is 1.18 bits per heavy atom. The summed E-state index contributed by atoms with van der Waals surface area (Å²) in [5.74, 6) is 0. The van der Waals surface area contributed by atoms with Crippen molar-refractivity contribution < 1.29 is 4.39 Å². The summed E-state index contributed by atoms with van der Waals surface area (Å²) in [5.41, 5.74) is 9.81. The zero-order valence-electron chi connectivity index (χ0n) is 22.1. The Labute approximate surface area is 232 Å². The average molecular weight is 545 g/mol. The number of nitrogens with one attached hydrogen (secondary N) is 4. The zero-order valence-corrected chi connectivity index (χ0v) is 22.8. The van der Waals surface area contributed by atoms with Gasteiger partial charge in [0.15, 0.2) is 0 Å². The van der Waals surface area contributed by atoms with E-state index in [4.69, 9.17) is 11.6 Å². The van der Waals surface area contributed by atoms with Gasteiger partial charge >= 0.3 is 0 Å². The minimum absolute atomic E-state index is 0.0383. The highest BCUT2D eigenvalue weighted by Crippen LogP contribution is 2.43. The van der Waals surface area contributed by atoms with Gasteiger partial charge in [0.05, 0.1) is 39.6 Å². The highest BCUT2D eigenvalue weighted by Gasteiger charge is 2.49. The third-order valence-corrected chi connectivity index (χ3v) is 7.37. The molecule has 0 bridgehead atoms. The van der Waals surface area contributed by atoms with Crippen LogP contribution in [0.3, 0.4) is 0 Å². The fraction of sp³-hybridized carbons (Fsp3) is 0.345. The van der Waals surface area contributed by atoms with Gasteiger partial charge in [0, 0.05) is 35.0 Å². The molecule has 200 valence electrons. The van der Waals surface area contributed by atoms with Crippen molar-refractivity contribution in [3.05, 3.63) is 76.2 Å². The predicted octanol–water partition coefficient (Wildman–Crippen LogP) is 5.91. The number of pyridine rings is 1. The third kappa shape index (κ3) is 5.29. The molecule has 0 saturated heterocycles. The first-order valence-corrected chi connectivity index (χ1v) is 13.2. The maximum absolute atomic E-state index is 13.8. The monoisotopic (exact) mass is 544 g/mol. The number of hydrogen-bond acceptors (Lipinski definition) is 8. The second-order valence-corrected chi connectivity index (χ2v) is 11.7. The minimum atomic E-state index is -0.538. The van der Waals surface area contributed by atoms with Gasteiger partial charge in [-0.15, -0.1) is 5.53 Å². The lowest BCUT2D eigenvalue weighted by Crippen LogP contribution is -2.46. The molecule has 0 amide bonds. The van der Waals surface area contributed by atoms with Crippen LogP contribution in [-0.4, -0.2) is 28.8 Å². The molecule has 1 aliphatic carbocycles. The first-order chi connectivity index (χ1) is 18.7. The van der Waals surface area contributed by atoms with Crippen LogP contribution < -0.4 is 21.6 Å². The summed E-state index contributed by atoms with van der Waals surface area (Å²) in [4.78, 5) is 4.44. The lowest BCUT2D eigenvalue weighted by molar-refractivity contribution is 0.146. The molecule has 1 aromatic heterocycles. The number of hydrogen-bond donors (Lipinski definition) is 4. The fourth-order valence-electron chi connectivity index (χ4n) is 4.61. The number of nitriles is 2. The molecule has 8 nitrogen and oxygen atoms in total. The Bertz CT molecular complexity index is 1530. The number of benzene rings is 2. The summed E-state index contributed by atoms with van der Waals surface area (Å²) < 4.78 is 13.8. The van der Waals surface area contributed by atoms with Crippen LogP contribution in [0, 0.1) is 28.1 Å². The third-order valence-electron chi connectivity index (χ3n) is 7.02. The average Bonchev–Trinajstić information content (AvgIpc) is 3.57. The molecule has 1 aliphatic heterocycles. The Morgan fingerprint density at radius 2 is 1.92 bits per heavy atom. The molecule has 1 fully saturated rings.